The minimum absolute atomic E-state index is 0.0507. The van der Waals surface area contributed by atoms with Crippen molar-refractivity contribution in [3.8, 4) is 11.8 Å². The smallest absolute Gasteiger partial charge is 0.222 e. The van der Waals surface area contributed by atoms with Crippen LogP contribution in [0, 0.1) is 17.1 Å². The van der Waals surface area contributed by atoms with Crippen LogP contribution in [0.1, 0.15) is 30.4 Å². The van der Waals surface area contributed by atoms with E-state index < -0.39 is 12.3 Å². The van der Waals surface area contributed by atoms with E-state index in [4.69, 9.17) is 9.47 Å². The molecule has 2 amide bonds. The third-order valence-corrected chi connectivity index (χ3v) is 8.87. The number of halogens is 2. The molecule has 0 spiro atoms. The summed E-state index contributed by atoms with van der Waals surface area (Å²) in [6, 6.07) is 12.1. The second-order valence-corrected chi connectivity index (χ2v) is 12.0. The van der Waals surface area contributed by atoms with E-state index >= 15 is 0 Å². The van der Waals surface area contributed by atoms with E-state index in [2.05, 4.69) is 38.4 Å². The van der Waals surface area contributed by atoms with Crippen molar-refractivity contribution in [2.45, 2.75) is 37.6 Å². The fourth-order valence-electron chi connectivity index (χ4n) is 5.89. The lowest BCUT2D eigenvalue weighted by molar-refractivity contribution is -0.126. The Kier molecular flexibility index (Phi) is 14.3. The van der Waals surface area contributed by atoms with Crippen molar-refractivity contribution in [2.75, 3.05) is 78.0 Å². The maximum Gasteiger partial charge on any atom is 0.222 e. The topological polar surface area (TPSA) is 152 Å². The third kappa shape index (κ3) is 9.90. The summed E-state index contributed by atoms with van der Waals surface area (Å²) in [5.41, 5.74) is 6.11. The number of carbonyl (C=O) groups is 2. The third-order valence-electron chi connectivity index (χ3n) is 8.87. The van der Waals surface area contributed by atoms with Crippen LogP contribution < -0.4 is 15.4 Å². The highest BCUT2D eigenvalue weighted by molar-refractivity contribution is 6.05. The lowest BCUT2D eigenvalue weighted by Crippen LogP contribution is -2.56. The highest BCUT2D eigenvalue weighted by Gasteiger charge is 2.31. The zero-order valence-corrected chi connectivity index (χ0v) is 28.6. The summed E-state index contributed by atoms with van der Waals surface area (Å²) in [6.07, 6.45) is 1.87. The summed E-state index contributed by atoms with van der Waals surface area (Å²) < 4.78 is 40.4. The van der Waals surface area contributed by atoms with Crippen LogP contribution in [0.5, 0.6) is 5.75 Å². The molecule has 4 fully saturated rings. The fourth-order valence-corrected chi connectivity index (χ4v) is 5.89. The van der Waals surface area contributed by atoms with Gasteiger partial charge in [0.25, 0.3) is 0 Å². The maximum atomic E-state index is 14.9. The number of piperazine rings is 1. The number of rotatable bonds is 8. The molecule has 4 aliphatic rings. The summed E-state index contributed by atoms with van der Waals surface area (Å²) in [5.74, 6) is 0.369. The van der Waals surface area contributed by atoms with Gasteiger partial charge in [-0.1, -0.05) is 0 Å². The number of alkyl halides is 1. The number of amides is 2. The largest absolute Gasteiger partial charge is 0.486 e. The van der Waals surface area contributed by atoms with Gasteiger partial charge in [0.2, 0.25) is 12.3 Å². The van der Waals surface area contributed by atoms with Crippen LogP contribution in [0.2, 0.25) is 0 Å². The number of piperidine rings is 1. The average molecular weight is 694 g/mol. The Bertz CT molecular complexity index is 1570. The van der Waals surface area contributed by atoms with Crippen molar-refractivity contribution in [1.82, 2.24) is 14.7 Å². The molecule has 0 radical (unpaired) electrons. The normalized spacial score (nSPS) is 21.4. The molecule has 0 aliphatic carbocycles. The Morgan fingerprint density at radius 3 is 2.42 bits per heavy atom. The number of nitrogens with zero attached hydrogens (tertiary/aromatic N) is 8. The van der Waals surface area contributed by atoms with E-state index in [1.54, 1.807) is 29.2 Å². The number of amidine groups is 1. The van der Waals surface area contributed by atoms with Gasteiger partial charge in [0.15, 0.2) is 12.0 Å². The Labute approximate surface area is 291 Å². The highest BCUT2D eigenvalue weighted by Crippen LogP contribution is 2.27. The van der Waals surface area contributed by atoms with Gasteiger partial charge in [0.05, 0.1) is 42.7 Å². The average Bonchev–Trinajstić information content (AvgIpc) is 3.50. The van der Waals surface area contributed by atoms with Gasteiger partial charge < -0.3 is 29.9 Å². The van der Waals surface area contributed by atoms with Gasteiger partial charge in [-0.05, 0) is 50.5 Å². The monoisotopic (exact) mass is 693 g/mol. The predicted octanol–water partition coefficient (Wildman–Crippen LogP) is 2.79. The quantitative estimate of drug-likeness (QED) is 0.252. The van der Waals surface area contributed by atoms with Gasteiger partial charge in [-0.3, -0.25) is 14.5 Å². The van der Waals surface area contributed by atoms with Crippen LogP contribution in [-0.4, -0.2) is 137 Å². The van der Waals surface area contributed by atoms with Gasteiger partial charge in [-0.15, -0.1) is 0 Å². The Morgan fingerprint density at radius 2 is 1.88 bits per heavy atom. The molecule has 0 unspecified atom stereocenters. The van der Waals surface area contributed by atoms with Crippen LogP contribution in [0.15, 0.2) is 51.4 Å². The number of ether oxygens (including phenoxy) is 2. The van der Waals surface area contributed by atoms with Gasteiger partial charge in [-0.25, -0.2) is 23.8 Å². The van der Waals surface area contributed by atoms with Crippen LogP contribution in [-0.2, 0) is 14.3 Å². The summed E-state index contributed by atoms with van der Waals surface area (Å²) in [5, 5.41) is 9.65. The second-order valence-electron chi connectivity index (χ2n) is 12.0. The van der Waals surface area contributed by atoms with Crippen molar-refractivity contribution < 1.29 is 27.8 Å². The van der Waals surface area contributed by atoms with Crippen molar-refractivity contribution in [2.24, 2.45) is 20.7 Å². The summed E-state index contributed by atoms with van der Waals surface area (Å²) in [7, 11) is 3.34. The Morgan fingerprint density at radius 1 is 1.12 bits per heavy atom. The van der Waals surface area contributed by atoms with Gasteiger partial charge >= 0.3 is 0 Å². The Hall–Kier alpha value is -4.78. The first-order chi connectivity index (χ1) is 24.3. The van der Waals surface area contributed by atoms with E-state index in [0.717, 1.165) is 58.8 Å². The zero-order chi connectivity index (χ0) is 36.0. The molecule has 50 heavy (non-hydrogen) atoms. The summed E-state index contributed by atoms with van der Waals surface area (Å²) in [6.45, 7) is 9.62. The van der Waals surface area contributed by atoms with E-state index in [1.165, 1.54) is 30.4 Å². The number of nitrogens with two attached hydrogens (primary N) is 1. The molecule has 4 aliphatic heterocycles. The molecule has 268 valence electrons. The summed E-state index contributed by atoms with van der Waals surface area (Å²) in [4.78, 5) is 41.4. The minimum atomic E-state index is -1.36. The minimum Gasteiger partial charge on any atom is -0.486 e. The number of hydrogen-bond acceptors (Lipinski definition) is 9. The molecule has 2 atom stereocenters. The molecule has 2 aromatic rings. The summed E-state index contributed by atoms with van der Waals surface area (Å²) >= 11 is 0. The molecule has 2 N–H and O–H groups in total. The number of carbonyl (C=O) groups excluding carboxylic acids is 2. The van der Waals surface area contributed by atoms with E-state index in [1.807, 2.05) is 11.9 Å². The Balaban J connectivity index is 0.000000549. The van der Waals surface area contributed by atoms with E-state index in [-0.39, 0.29) is 29.5 Å². The molecular formula is C35H45F2N9O4. The lowest BCUT2D eigenvalue weighted by atomic mass is 10.1. The maximum absolute atomic E-state index is 14.9. The number of aliphatic imine (C=N–C) groups is 3. The van der Waals surface area contributed by atoms with Crippen molar-refractivity contribution in [3.05, 3.63) is 53.3 Å². The molecule has 2 aromatic carbocycles. The first-order valence-electron chi connectivity index (χ1n) is 16.6. The van der Waals surface area contributed by atoms with Gasteiger partial charge in [0.1, 0.15) is 30.1 Å². The standard InChI is InChI=1S/C29H31F2N7O3.C5H9NO.CH5N/c1-33-29(20-2-5-27(21(12-20)14-32)41-28-6-7-36(19-39)15-25(28)31)35-18-34-22-3-4-26(24(30)13-22)38-10-8-37(9-11-38)23-16-40-17-23;1-6-4-2-3-5(6)7;1-2/h2-5,12-13,18-19,23,25,28H,1,6-11,15-17H2;2-4H2,1H3;2H2,1H3/t25-,28+;;/m1../s1. The number of likely N-dealkylation sites (tertiary alicyclic amines) is 2. The number of anilines is 1. The molecule has 4 heterocycles. The molecule has 15 heteroatoms. The van der Waals surface area contributed by atoms with Crippen molar-refractivity contribution in [1.29, 1.82) is 5.26 Å². The van der Waals surface area contributed by atoms with Gasteiger partial charge in [0, 0.05) is 70.8 Å². The molecule has 6 rings (SSSR count). The number of benzene rings is 2. The van der Waals surface area contributed by atoms with Crippen molar-refractivity contribution in [3.63, 3.8) is 0 Å². The van der Waals surface area contributed by atoms with Gasteiger partial charge in [-0.2, -0.15) is 5.26 Å². The number of nitriles is 1. The lowest BCUT2D eigenvalue weighted by Gasteiger charge is -2.43. The second kappa shape index (κ2) is 18.8. The fraction of sp³-hybridized carbons (Fsp3) is 0.486. The number of hydrogen-bond donors (Lipinski definition) is 1. The molecule has 13 nitrogen and oxygen atoms in total. The first-order valence-corrected chi connectivity index (χ1v) is 16.6. The van der Waals surface area contributed by atoms with Crippen molar-refractivity contribution >= 4 is 42.6 Å². The van der Waals surface area contributed by atoms with Crippen LogP contribution in [0.3, 0.4) is 0 Å². The molecule has 0 bridgehead atoms. The van der Waals surface area contributed by atoms with Crippen LogP contribution in [0.4, 0.5) is 20.2 Å². The highest BCUT2D eigenvalue weighted by atomic mass is 19.1. The molecular weight excluding hydrogens is 648 g/mol. The molecule has 4 saturated heterocycles. The zero-order valence-electron chi connectivity index (χ0n) is 28.6. The first kappa shape index (κ1) is 38.0. The van der Waals surface area contributed by atoms with E-state index in [9.17, 15) is 23.6 Å². The SMILES string of the molecule is C=NC(=NC=Nc1ccc(N2CCN(C3COC3)CC2)c(F)c1)c1ccc(O[C@H]2CCN(C=O)C[C@H]2F)c(C#N)c1.CN.CN1CCCC1=O. The van der Waals surface area contributed by atoms with Crippen LogP contribution >= 0.6 is 0 Å². The molecule has 0 saturated carbocycles. The predicted molar refractivity (Wildman–Crippen MR) is 189 cm³/mol. The molecule has 0 aromatic heterocycles. The van der Waals surface area contributed by atoms with Crippen LogP contribution in [0.25, 0.3) is 0 Å². The van der Waals surface area contributed by atoms with E-state index in [0.29, 0.717) is 48.3 Å².